The molecule has 3 heteroatoms. The van der Waals surface area contributed by atoms with E-state index < -0.39 is 0 Å². The molecule has 2 aliphatic rings. The van der Waals surface area contributed by atoms with E-state index in [-0.39, 0.29) is 0 Å². The lowest BCUT2D eigenvalue weighted by atomic mass is 9.91. The molecule has 2 rings (SSSR count). The lowest BCUT2D eigenvalue weighted by Gasteiger charge is -2.37. The van der Waals surface area contributed by atoms with Crippen molar-refractivity contribution < 1.29 is 9.47 Å². The fourth-order valence-corrected chi connectivity index (χ4v) is 3.36. The fraction of sp³-hybridized carbons (Fsp3) is 1.00. The van der Waals surface area contributed by atoms with Crippen LogP contribution in [0.4, 0.5) is 0 Å². The minimum atomic E-state index is 0.452. The molecule has 0 bridgehead atoms. The van der Waals surface area contributed by atoms with Crippen LogP contribution in [0.25, 0.3) is 0 Å². The van der Waals surface area contributed by atoms with Crippen LogP contribution in [0.15, 0.2) is 0 Å². The molecule has 0 aromatic carbocycles. The van der Waals surface area contributed by atoms with E-state index >= 15 is 0 Å². The van der Waals surface area contributed by atoms with Gasteiger partial charge in [0.25, 0.3) is 0 Å². The van der Waals surface area contributed by atoms with E-state index in [2.05, 4.69) is 11.8 Å². The topological polar surface area (TPSA) is 21.7 Å². The van der Waals surface area contributed by atoms with E-state index in [0.29, 0.717) is 18.2 Å². The van der Waals surface area contributed by atoms with Crippen LogP contribution < -0.4 is 0 Å². The van der Waals surface area contributed by atoms with Crippen molar-refractivity contribution in [3.8, 4) is 0 Å². The highest BCUT2D eigenvalue weighted by atomic mass is 16.5. The second-order valence-corrected chi connectivity index (χ2v) is 5.76. The smallest absolute Gasteiger partial charge is 0.0726 e. The molecule has 1 saturated carbocycles. The molecule has 1 unspecified atom stereocenters. The van der Waals surface area contributed by atoms with E-state index in [9.17, 15) is 0 Å². The molecule has 0 spiro atoms. The Labute approximate surface area is 112 Å². The summed E-state index contributed by atoms with van der Waals surface area (Å²) in [5, 5.41) is 0. The number of likely N-dealkylation sites (tertiary alicyclic amines) is 1. The molecule has 3 atom stereocenters. The quantitative estimate of drug-likeness (QED) is 0.681. The van der Waals surface area contributed by atoms with Crippen molar-refractivity contribution in [2.45, 2.75) is 70.1 Å². The van der Waals surface area contributed by atoms with Crippen LogP contribution in [-0.2, 0) is 9.47 Å². The Balaban J connectivity index is 1.76. The third-order valence-electron chi connectivity index (χ3n) is 4.47. The van der Waals surface area contributed by atoms with Crippen molar-refractivity contribution in [3.05, 3.63) is 0 Å². The molecule has 0 aromatic heterocycles. The molecular weight excluding hydrogens is 226 g/mol. The first-order valence-electron chi connectivity index (χ1n) is 7.73. The van der Waals surface area contributed by atoms with E-state index in [1.165, 1.54) is 51.5 Å². The van der Waals surface area contributed by atoms with Crippen LogP contribution in [0.2, 0.25) is 0 Å². The maximum absolute atomic E-state index is 5.95. The summed E-state index contributed by atoms with van der Waals surface area (Å²) in [4.78, 5) is 2.62. The molecule has 0 radical (unpaired) electrons. The molecule has 1 heterocycles. The number of nitrogens with zero attached hydrogens (tertiary/aromatic N) is 1. The summed E-state index contributed by atoms with van der Waals surface area (Å²) in [5.74, 6) is 0. The minimum absolute atomic E-state index is 0.452. The van der Waals surface area contributed by atoms with Gasteiger partial charge >= 0.3 is 0 Å². The summed E-state index contributed by atoms with van der Waals surface area (Å²) in [6.45, 7) is 5.47. The largest absolute Gasteiger partial charge is 0.380 e. The van der Waals surface area contributed by atoms with Crippen molar-refractivity contribution in [2.75, 3.05) is 26.8 Å². The Morgan fingerprint density at radius 3 is 2.78 bits per heavy atom. The van der Waals surface area contributed by atoms with Crippen LogP contribution >= 0.6 is 0 Å². The van der Waals surface area contributed by atoms with E-state index in [1.807, 2.05) is 7.11 Å². The Hall–Kier alpha value is -0.120. The minimum Gasteiger partial charge on any atom is -0.380 e. The summed E-state index contributed by atoms with van der Waals surface area (Å²) in [5.41, 5.74) is 0. The van der Waals surface area contributed by atoms with Gasteiger partial charge in [-0.15, -0.1) is 0 Å². The Morgan fingerprint density at radius 2 is 2.00 bits per heavy atom. The summed E-state index contributed by atoms with van der Waals surface area (Å²) >= 11 is 0. The predicted octanol–water partition coefficient (Wildman–Crippen LogP) is 2.84. The highest BCUT2D eigenvalue weighted by molar-refractivity contribution is 4.89. The highest BCUT2D eigenvalue weighted by Gasteiger charge is 2.34. The van der Waals surface area contributed by atoms with Crippen LogP contribution in [-0.4, -0.2) is 50.0 Å². The van der Waals surface area contributed by atoms with Crippen molar-refractivity contribution in [1.29, 1.82) is 0 Å². The average molecular weight is 255 g/mol. The number of unbranched alkanes of at least 4 members (excludes halogenated alkanes) is 1. The standard InChI is InChI=1S/C15H29NO2/c1-3-4-11-18-13-9-10-16(12-13)14-7-5-6-8-15(14)17-2/h13-15H,3-12H2,1-2H3/t13-,14?,15-/m1/s1. The average Bonchev–Trinajstić information content (AvgIpc) is 2.88. The molecule has 106 valence electrons. The number of hydrogen-bond donors (Lipinski definition) is 0. The number of hydrogen-bond acceptors (Lipinski definition) is 3. The zero-order chi connectivity index (χ0) is 12.8. The molecule has 1 aliphatic carbocycles. The van der Waals surface area contributed by atoms with Gasteiger partial charge in [-0.05, 0) is 25.7 Å². The van der Waals surface area contributed by atoms with Crippen LogP contribution in [0.5, 0.6) is 0 Å². The Kier molecular flexibility index (Phi) is 5.93. The summed E-state index contributed by atoms with van der Waals surface area (Å²) in [6, 6.07) is 0.642. The summed E-state index contributed by atoms with van der Waals surface area (Å²) in [6.07, 6.45) is 9.78. The molecule has 1 saturated heterocycles. The Bertz CT molecular complexity index is 235. The first-order chi connectivity index (χ1) is 8.85. The van der Waals surface area contributed by atoms with Crippen molar-refractivity contribution in [3.63, 3.8) is 0 Å². The van der Waals surface area contributed by atoms with E-state index in [0.717, 1.165) is 13.2 Å². The maximum atomic E-state index is 5.95. The monoisotopic (exact) mass is 255 g/mol. The van der Waals surface area contributed by atoms with Crippen LogP contribution in [0.3, 0.4) is 0 Å². The molecule has 1 aliphatic heterocycles. The van der Waals surface area contributed by atoms with Crippen molar-refractivity contribution >= 4 is 0 Å². The van der Waals surface area contributed by atoms with E-state index in [4.69, 9.17) is 9.47 Å². The summed E-state index contributed by atoms with van der Waals surface area (Å²) in [7, 11) is 1.87. The molecule has 18 heavy (non-hydrogen) atoms. The highest BCUT2D eigenvalue weighted by Crippen LogP contribution is 2.28. The van der Waals surface area contributed by atoms with Gasteiger partial charge in [-0.1, -0.05) is 26.2 Å². The zero-order valence-corrected chi connectivity index (χ0v) is 12.1. The third-order valence-corrected chi connectivity index (χ3v) is 4.47. The fourth-order valence-electron chi connectivity index (χ4n) is 3.36. The third kappa shape index (κ3) is 3.69. The predicted molar refractivity (Wildman–Crippen MR) is 73.9 cm³/mol. The Morgan fingerprint density at radius 1 is 1.17 bits per heavy atom. The van der Waals surface area contributed by atoms with Crippen molar-refractivity contribution in [2.24, 2.45) is 0 Å². The van der Waals surface area contributed by atoms with Gasteiger partial charge in [-0.25, -0.2) is 0 Å². The van der Waals surface area contributed by atoms with Crippen molar-refractivity contribution in [1.82, 2.24) is 4.90 Å². The number of methoxy groups -OCH3 is 1. The van der Waals surface area contributed by atoms with Gasteiger partial charge in [0.1, 0.15) is 0 Å². The first kappa shape index (κ1) is 14.3. The summed E-state index contributed by atoms with van der Waals surface area (Å²) < 4.78 is 11.6. The van der Waals surface area contributed by atoms with Gasteiger partial charge in [0.15, 0.2) is 0 Å². The van der Waals surface area contributed by atoms with E-state index in [1.54, 1.807) is 0 Å². The molecule has 2 fully saturated rings. The lowest BCUT2D eigenvalue weighted by molar-refractivity contribution is -0.0118. The number of ether oxygens (including phenoxy) is 2. The van der Waals surface area contributed by atoms with Gasteiger partial charge in [0.2, 0.25) is 0 Å². The first-order valence-corrected chi connectivity index (χ1v) is 7.73. The van der Waals surface area contributed by atoms with Gasteiger partial charge in [0.05, 0.1) is 12.2 Å². The second kappa shape index (κ2) is 7.46. The molecule has 3 nitrogen and oxygen atoms in total. The molecular formula is C15H29NO2. The maximum Gasteiger partial charge on any atom is 0.0726 e. The van der Waals surface area contributed by atoms with Gasteiger partial charge in [0, 0.05) is 32.8 Å². The molecule has 0 aromatic rings. The van der Waals surface area contributed by atoms with Crippen LogP contribution in [0, 0.1) is 0 Å². The lowest BCUT2D eigenvalue weighted by Crippen LogP contribution is -2.45. The SMILES string of the molecule is CCCCO[C@@H]1CCN(C2CCCC[C@H]2OC)C1. The molecule has 0 N–H and O–H groups in total. The molecule has 0 amide bonds. The number of rotatable bonds is 6. The van der Waals surface area contributed by atoms with Crippen LogP contribution in [0.1, 0.15) is 51.9 Å². The van der Waals surface area contributed by atoms with Gasteiger partial charge < -0.3 is 9.47 Å². The van der Waals surface area contributed by atoms with Gasteiger partial charge in [-0.2, -0.15) is 0 Å². The normalized spacial score (nSPS) is 34.0. The second-order valence-electron chi connectivity index (χ2n) is 5.76. The zero-order valence-electron chi connectivity index (χ0n) is 12.1. The van der Waals surface area contributed by atoms with Gasteiger partial charge in [-0.3, -0.25) is 4.90 Å².